The van der Waals surface area contributed by atoms with Gasteiger partial charge in [-0.2, -0.15) is 0 Å². The monoisotopic (exact) mass is 314 g/mol. The lowest BCUT2D eigenvalue weighted by atomic mass is 9.98. The number of ether oxygens (including phenoxy) is 1. The molecule has 6 heteroatoms. The normalized spacial score (nSPS) is 17.4. The molecule has 0 spiro atoms. The predicted molar refractivity (Wildman–Crippen MR) is 86.7 cm³/mol. The number of aliphatic hydroxyl groups is 1. The van der Waals surface area contributed by atoms with Gasteiger partial charge in [0.15, 0.2) is 0 Å². The highest BCUT2D eigenvalue weighted by molar-refractivity contribution is 5.91. The fourth-order valence-electron chi connectivity index (χ4n) is 2.79. The van der Waals surface area contributed by atoms with Crippen molar-refractivity contribution >= 4 is 11.8 Å². The van der Waals surface area contributed by atoms with Crippen molar-refractivity contribution in [3.05, 3.63) is 51.9 Å². The van der Waals surface area contributed by atoms with Crippen molar-refractivity contribution in [2.45, 2.75) is 20.0 Å². The SMILES string of the molecule is Cc1cc(N2C[C@H](CO)OC2=O)c(C)cc1-c1ccc(=O)[nH]c1. The van der Waals surface area contributed by atoms with E-state index in [4.69, 9.17) is 9.84 Å². The molecule has 1 saturated heterocycles. The third-order valence-corrected chi connectivity index (χ3v) is 4.01. The van der Waals surface area contributed by atoms with E-state index >= 15 is 0 Å². The van der Waals surface area contributed by atoms with Gasteiger partial charge in [-0.3, -0.25) is 9.69 Å². The zero-order valence-electron chi connectivity index (χ0n) is 13.0. The number of aryl methyl sites for hydroxylation is 2. The molecule has 1 aromatic heterocycles. The molecule has 0 radical (unpaired) electrons. The largest absolute Gasteiger partial charge is 0.441 e. The average molecular weight is 314 g/mol. The second-order valence-electron chi connectivity index (χ2n) is 5.69. The van der Waals surface area contributed by atoms with E-state index in [-0.39, 0.29) is 12.2 Å². The van der Waals surface area contributed by atoms with E-state index in [9.17, 15) is 9.59 Å². The molecule has 1 amide bonds. The Morgan fingerprint density at radius 2 is 2.04 bits per heavy atom. The van der Waals surface area contributed by atoms with Crippen LogP contribution >= 0.6 is 0 Å². The number of aliphatic hydroxyl groups excluding tert-OH is 1. The highest BCUT2D eigenvalue weighted by Gasteiger charge is 2.32. The van der Waals surface area contributed by atoms with E-state index in [1.807, 2.05) is 26.0 Å². The lowest BCUT2D eigenvalue weighted by Gasteiger charge is -2.18. The Labute approximate surface area is 133 Å². The highest BCUT2D eigenvalue weighted by atomic mass is 16.6. The molecule has 2 heterocycles. The van der Waals surface area contributed by atoms with Crippen LogP contribution in [0, 0.1) is 13.8 Å². The first-order valence-corrected chi connectivity index (χ1v) is 7.39. The van der Waals surface area contributed by atoms with E-state index in [0.29, 0.717) is 6.54 Å². The van der Waals surface area contributed by atoms with Crippen molar-refractivity contribution < 1.29 is 14.6 Å². The molecular formula is C17H18N2O4. The number of amides is 1. The molecule has 0 saturated carbocycles. The summed E-state index contributed by atoms with van der Waals surface area (Å²) in [4.78, 5) is 27.4. The molecule has 6 nitrogen and oxygen atoms in total. The van der Waals surface area contributed by atoms with Crippen LogP contribution < -0.4 is 10.5 Å². The highest BCUT2D eigenvalue weighted by Crippen LogP contribution is 2.32. The summed E-state index contributed by atoms with van der Waals surface area (Å²) in [5, 5.41) is 9.15. The fraction of sp³-hybridized carbons (Fsp3) is 0.294. The third kappa shape index (κ3) is 2.85. The van der Waals surface area contributed by atoms with Crippen LogP contribution in [0.25, 0.3) is 11.1 Å². The molecule has 2 aromatic rings. The number of benzene rings is 1. The van der Waals surface area contributed by atoms with Crippen LogP contribution in [-0.4, -0.2) is 35.4 Å². The maximum Gasteiger partial charge on any atom is 0.414 e. The molecule has 3 rings (SSSR count). The Kier molecular flexibility index (Phi) is 3.92. The molecule has 1 aromatic carbocycles. The van der Waals surface area contributed by atoms with Gasteiger partial charge in [-0.1, -0.05) is 0 Å². The van der Waals surface area contributed by atoms with E-state index in [0.717, 1.165) is 27.9 Å². The Balaban J connectivity index is 1.99. The van der Waals surface area contributed by atoms with Gasteiger partial charge in [0.2, 0.25) is 5.56 Å². The molecule has 2 N–H and O–H groups in total. The maximum atomic E-state index is 12.0. The number of carbonyl (C=O) groups excluding carboxylic acids is 1. The number of aromatic amines is 1. The molecule has 1 fully saturated rings. The Morgan fingerprint density at radius 3 is 2.65 bits per heavy atom. The van der Waals surface area contributed by atoms with Gasteiger partial charge >= 0.3 is 6.09 Å². The number of hydrogen-bond donors (Lipinski definition) is 2. The van der Waals surface area contributed by atoms with Crippen LogP contribution in [0.2, 0.25) is 0 Å². The number of carbonyl (C=O) groups is 1. The van der Waals surface area contributed by atoms with E-state index in [1.165, 1.54) is 6.07 Å². The van der Waals surface area contributed by atoms with Gasteiger partial charge in [0.1, 0.15) is 6.10 Å². The van der Waals surface area contributed by atoms with Gasteiger partial charge in [-0.15, -0.1) is 0 Å². The number of cyclic esters (lactones) is 1. The minimum absolute atomic E-state index is 0.144. The van der Waals surface area contributed by atoms with Crippen molar-refractivity contribution in [2.24, 2.45) is 0 Å². The first-order chi connectivity index (χ1) is 11.0. The summed E-state index contributed by atoms with van der Waals surface area (Å²) >= 11 is 0. The summed E-state index contributed by atoms with van der Waals surface area (Å²) in [6.45, 7) is 4.03. The zero-order valence-corrected chi connectivity index (χ0v) is 13.0. The predicted octanol–water partition coefficient (Wildman–Crippen LogP) is 1.98. The molecular weight excluding hydrogens is 296 g/mol. The quantitative estimate of drug-likeness (QED) is 0.907. The van der Waals surface area contributed by atoms with Crippen molar-refractivity contribution in [1.82, 2.24) is 4.98 Å². The van der Waals surface area contributed by atoms with Crippen molar-refractivity contribution in [3.8, 4) is 11.1 Å². The number of pyridine rings is 1. The number of nitrogens with one attached hydrogen (secondary N) is 1. The number of hydrogen-bond acceptors (Lipinski definition) is 4. The lowest BCUT2D eigenvalue weighted by Crippen LogP contribution is -2.26. The fourth-order valence-corrected chi connectivity index (χ4v) is 2.79. The minimum atomic E-state index is -0.485. The molecule has 1 aliphatic rings. The lowest BCUT2D eigenvalue weighted by molar-refractivity contribution is 0.0963. The van der Waals surface area contributed by atoms with E-state index in [2.05, 4.69) is 4.98 Å². The van der Waals surface area contributed by atoms with Crippen LogP contribution in [0.5, 0.6) is 0 Å². The average Bonchev–Trinajstić information content (AvgIpc) is 2.91. The molecule has 120 valence electrons. The van der Waals surface area contributed by atoms with Gasteiger partial charge in [0.25, 0.3) is 0 Å². The van der Waals surface area contributed by atoms with Gasteiger partial charge in [0, 0.05) is 12.3 Å². The van der Waals surface area contributed by atoms with Gasteiger partial charge in [-0.25, -0.2) is 4.79 Å². The smallest absolute Gasteiger partial charge is 0.414 e. The van der Waals surface area contributed by atoms with Gasteiger partial charge < -0.3 is 14.8 Å². The van der Waals surface area contributed by atoms with Crippen LogP contribution in [0.15, 0.2) is 35.3 Å². The van der Waals surface area contributed by atoms with Crippen LogP contribution in [-0.2, 0) is 4.74 Å². The van der Waals surface area contributed by atoms with Crippen LogP contribution in [0.4, 0.5) is 10.5 Å². The second-order valence-corrected chi connectivity index (χ2v) is 5.69. The Hall–Kier alpha value is -2.60. The topological polar surface area (TPSA) is 82.6 Å². The number of H-pyrrole nitrogens is 1. The molecule has 0 bridgehead atoms. The van der Waals surface area contributed by atoms with Crippen LogP contribution in [0.3, 0.4) is 0 Å². The first-order valence-electron chi connectivity index (χ1n) is 7.39. The standard InChI is InChI=1S/C17H18N2O4/c1-10-6-15(19-8-13(9-20)23-17(19)22)11(2)5-14(10)12-3-4-16(21)18-7-12/h3-7,13,20H,8-9H2,1-2H3,(H,18,21)/t13-/m1/s1. The molecule has 0 unspecified atom stereocenters. The minimum Gasteiger partial charge on any atom is -0.441 e. The van der Waals surface area contributed by atoms with Gasteiger partial charge in [0.05, 0.1) is 18.8 Å². The van der Waals surface area contributed by atoms with Gasteiger partial charge in [-0.05, 0) is 54.3 Å². The molecule has 1 atom stereocenters. The third-order valence-electron chi connectivity index (χ3n) is 4.01. The van der Waals surface area contributed by atoms with Crippen molar-refractivity contribution in [2.75, 3.05) is 18.1 Å². The molecule has 0 aliphatic carbocycles. The molecule has 23 heavy (non-hydrogen) atoms. The maximum absolute atomic E-state index is 12.0. The van der Waals surface area contributed by atoms with Crippen molar-refractivity contribution in [1.29, 1.82) is 0 Å². The summed E-state index contributed by atoms with van der Waals surface area (Å²) in [7, 11) is 0. The number of anilines is 1. The van der Waals surface area contributed by atoms with Crippen molar-refractivity contribution in [3.63, 3.8) is 0 Å². The summed E-state index contributed by atoms with van der Waals surface area (Å²) < 4.78 is 5.10. The van der Waals surface area contributed by atoms with Crippen LogP contribution in [0.1, 0.15) is 11.1 Å². The Morgan fingerprint density at radius 1 is 1.26 bits per heavy atom. The summed E-state index contributed by atoms with van der Waals surface area (Å²) in [5.41, 5.74) is 4.44. The number of rotatable bonds is 3. The number of nitrogens with zero attached hydrogens (tertiary/aromatic N) is 1. The first kappa shape index (κ1) is 15.3. The summed E-state index contributed by atoms with van der Waals surface area (Å²) in [5.74, 6) is 0. The molecule has 1 aliphatic heterocycles. The van der Waals surface area contributed by atoms with E-state index < -0.39 is 12.2 Å². The van der Waals surface area contributed by atoms with E-state index in [1.54, 1.807) is 17.2 Å². The number of aromatic nitrogens is 1. The second kappa shape index (κ2) is 5.89. The summed E-state index contributed by atoms with van der Waals surface area (Å²) in [6, 6.07) is 7.17. The summed E-state index contributed by atoms with van der Waals surface area (Å²) in [6.07, 6.45) is 0.750. The Bertz CT molecular complexity index is 792. The zero-order chi connectivity index (χ0) is 16.6.